The maximum Gasteiger partial charge on any atom is 0.243 e. The van der Waals surface area contributed by atoms with E-state index in [2.05, 4.69) is 25.4 Å². The van der Waals surface area contributed by atoms with E-state index in [0.29, 0.717) is 18.4 Å². The molecule has 0 radical (unpaired) electrons. The summed E-state index contributed by atoms with van der Waals surface area (Å²) in [6, 6.07) is 0. The molecule has 0 aliphatic carbocycles. The molecule has 4 N–H and O–H groups in total. The Hall–Kier alpha value is -2.26. The molecule has 0 unspecified atom stereocenters. The number of aromatic nitrogens is 5. The number of nitrogens with zero attached hydrogens (tertiary/aromatic N) is 6. The highest BCUT2D eigenvalue weighted by molar-refractivity contribution is 5.39. The first kappa shape index (κ1) is 14.2. The van der Waals surface area contributed by atoms with Crippen molar-refractivity contribution in [3.63, 3.8) is 0 Å². The van der Waals surface area contributed by atoms with Gasteiger partial charge in [-0.05, 0) is 13.8 Å². The van der Waals surface area contributed by atoms with E-state index >= 15 is 0 Å². The van der Waals surface area contributed by atoms with Crippen LogP contribution in [0.25, 0.3) is 5.95 Å². The Morgan fingerprint density at radius 1 is 1.40 bits per heavy atom. The summed E-state index contributed by atoms with van der Waals surface area (Å²) in [4.78, 5) is 18.3. The molecule has 9 nitrogen and oxygen atoms in total. The van der Waals surface area contributed by atoms with Gasteiger partial charge in [-0.2, -0.15) is 15.0 Å². The summed E-state index contributed by atoms with van der Waals surface area (Å²) < 4.78 is 1.64. The van der Waals surface area contributed by atoms with Gasteiger partial charge in [0.1, 0.15) is 6.33 Å². The van der Waals surface area contributed by atoms with Crippen molar-refractivity contribution in [1.29, 1.82) is 0 Å². The van der Waals surface area contributed by atoms with Crippen LogP contribution in [0.1, 0.15) is 13.8 Å². The molecular formula is C11H18N8O. The van der Waals surface area contributed by atoms with E-state index in [9.17, 15) is 5.11 Å². The quantitative estimate of drug-likeness (QED) is 0.497. The van der Waals surface area contributed by atoms with Gasteiger partial charge in [-0.25, -0.2) is 10.8 Å². The van der Waals surface area contributed by atoms with Gasteiger partial charge in [0.25, 0.3) is 0 Å². The van der Waals surface area contributed by atoms with Gasteiger partial charge in [0.15, 0.2) is 0 Å². The minimum absolute atomic E-state index is 0.237. The Morgan fingerprint density at radius 3 is 2.70 bits per heavy atom. The number of hydrazine groups is 1. The van der Waals surface area contributed by atoms with E-state index in [1.807, 2.05) is 0 Å². The molecule has 0 fully saturated rings. The Kier molecular flexibility index (Phi) is 3.81. The molecule has 9 heteroatoms. The van der Waals surface area contributed by atoms with Crippen LogP contribution in [-0.2, 0) is 0 Å². The number of hydrogen-bond donors (Lipinski definition) is 3. The molecule has 2 rings (SSSR count). The third kappa shape index (κ3) is 3.39. The minimum Gasteiger partial charge on any atom is -0.389 e. The Balaban J connectivity index is 2.36. The van der Waals surface area contributed by atoms with Crippen molar-refractivity contribution < 1.29 is 5.11 Å². The zero-order valence-corrected chi connectivity index (χ0v) is 11.6. The lowest BCUT2D eigenvalue weighted by atomic mass is 10.1. The fourth-order valence-electron chi connectivity index (χ4n) is 1.73. The van der Waals surface area contributed by atoms with Crippen LogP contribution in [0, 0.1) is 0 Å². The largest absolute Gasteiger partial charge is 0.389 e. The molecule has 0 spiro atoms. The second-order valence-electron chi connectivity index (χ2n) is 5.04. The molecule has 0 aliphatic rings. The number of nitrogens with two attached hydrogens (primary N) is 1. The number of imidazole rings is 1. The van der Waals surface area contributed by atoms with Crippen LogP contribution in [0.2, 0.25) is 0 Å². The first-order valence-corrected chi connectivity index (χ1v) is 6.03. The molecule has 2 aromatic rings. The summed E-state index contributed by atoms with van der Waals surface area (Å²) in [5.41, 5.74) is 1.53. The van der Waals surface area contributed by atoms with Gasteiger partial charge < -0.3 is 10.0 Å². The van der Waals surface area contributed by atoms with E-state index in [-0.39, 0.29) is 5.95 Å². The average molecular weight is 278 g/mol. The zero-order chi connectivity index (χ0) is 14.8. The summed E-state index contributed by atoms with van der Waals surface area (Å²) >= 11 is 0. The van der Waals surface area contributed by atoms with Crippen molar-refractivity contribution in [2.75, 3.05) is 23.9 Å². The first-order chi connectivity index (χ1) is 9.39. The summed E-state index contributed by atoms with van der Waals surface area (Å²) in [6.07, 6.45) is 4.92. The predicted octanol–water partition coefficient (Wildman–Crippen LogP) is -0.450. The topological polar surface area (TPSA) is 118 Å². The molecule has 108 valence electrons. The van der Waals surface area contributed by atoms with Gasteiger partial charge in [0, 0.05) is 26.0 Å². The summed E-state index contributed by atoms with van der Waals surface area (Å²) in [7, 11) is 1.78. The van der Waals surface area contributed by atoms with Crippen molar-refractivity contribution in [1.82, 2.24) is 24.5 Å². The van der Waals surface area contributed by atoms with Crippen molar-refractivity contribution in [2.24, 2.45) is 5.84 Å². The highest BCUT2D eigenvalue weighted by Gasteiger charge is 2.19. The lowest BCUT2D eigenvalue weighted by molar-refractivity contribution is 0.0882. The third-order valence-electron chi connectivity index (χ3n) is 2.44. The number of rotatable bonds is 5. The average Bonchev–Trinajstić information content (AvgIpc) is 2.90. The van der Waals surface area contributed by atoms with Crippen LogP contribution in [-0.4, -0.2) is 48.8 Å². The lowest BCUT2D eigenvalue weighted by Crippen LogP contribution is -2.37. The number of anilines is 2. The van der Waals surface area contributed by atoms with Crippen LogP contribution >= 0.6 is 0 Å². The minimum atomic E-state index is -0.868. The second-order valence-corrected chi connectivity index (χ2v) is 5.04. The maximum absolute atomic E-state index is 9.86. The van der Waals surface area contributed by atoms with Gasteiger partial charge in [-0.15, -0.1) is 0 Å². The van der Waals surface area contributed by atoms with E-state index < -0.39 is 5.60 Å². The zero-order valence-electron chi connectivity index (χ0n) is 11.6. The molecule has 2 aromatic heterocycles. The molecule has 2 heterocycles. The molecule has 0 amide bonds. The molecule has 20 heavy (non-hydrogen) atoms. The lowest BCUT2D eigenvalue weighted by Gasteiger charge is -2.25. The van der Waals surface area contributed by atoms with Gasteiger partial charge >= 0.3 is 0 Å². The van der Waals surface area contributed by atoms with E-state index in [1.165, 1.54) is 0 Å². The standard InChI is InChI=1S/C11H18N8O/c1-11(2,20)6-18(3)9-14-8(17-12)15-10(16-9)19-5-4-13-7-19/h4-5,7,20H,6,12H2,1-3H3,(H,14,15,16,17). The Labute approximate surface area is 116 Å². The summed E-state index contributed by atoms with van der Waals surface area (Å²) in [6.45, 7) is 3.79. The van der Waals surface area contributed by atoms with Gasteiger partial charge in [0.2, 0.25) is 17.8 Å². The van der Waals surface area contributed by atoms with Crippen molar-refractivity contribution in [3.8, 4) is 5.95 Å². The van der Waals surface area contributed by atoms with Gasteiger partial charge in [0.05, 0.1) is 5.60 Å². The van der Waals surface area contributed by atoms with Crippen LogP contribution < -0.4 is 16.2 Å². The SMILES string of the molecule is CN(CC(C)(C)O)c1nc(NN)nc(-n2ccnc2)n1. The van der Waals surface area contributed by atoms with Crippen molar-refractivity contribution >= 4 is 11.9 Å². The van der Waals surface area contributed by atoms with Crippen LogP contribution in [0.5, 0.6) is 0 Å². The number of hydrogen-bond acceptors (Lipinski definition) is 8. The van der Waals surface area contributed by atoms with Gasteiger partial charge in [-0.1, -0.05) is 0 Å². The highest BCUT2D eigenvalue weighted by Crippen LogP contribution is 2.14. The number of nitrogen functional groups attached to an aromatic ring is 1. The van der Waals surface area contributed by atoms with E-state index in [4.69, 9.17) is 5.84 Å². The number of nitrogens with one attached hydrogen (secondary N) is 1. The van der Waals surface area contributed by atoms with E-state index in [1.54, 1.807) is 49.1 Å². The molecule has 0 atom stereocenters. The highest BCUT2D eigenvalue weighted by atomic mass is 16.3. The fraction of sp³-hybridized carbons (Fsp3) is 0.455. The molecule has 0 bridgehead atoms. The molecule has 0 aliphatic heterocycles. The van der Waals surface area contributed by atoms with Crippen LogP contribution in [0.4, 0.5) is 11.9 Å². The molecule has 0 saturated heterocycles. The Bertz CT molecular complexity index is 562. The molecule has 0 aromatic carbocycles. The number of likely N-dealkylation sites (N-methyl/N-ethyl adjacent to an activating group) is 1. The second kappa shape index (κ2) is 5.39. The third-order valence-corrected chi connectivity index (χ3v) is 2.44. The van der Waals surface area contributed by atoms with E-state index in [0.717, 1.165) is 0 Å². The maximum atomic E-state index is 9.86. The van der Waals surface area contributed by atoms with Crippen molar-refractivity contribution in [3.05, 3.63) is 18.7 Å². The number of aliphatic hydroxyl groups is 1. The molecular weight excluding hydrogens is 260 g/mol. The van der Waals surface area contributed by atoms with Crippen molar-refractivity contribution in [2.45, 2.75) is 19.4 Å². The normalized spacial score (nSPS) is 11.4. The monoisotopic (exact) mass is 278 g/mol. The van der Waals surface area contributed by atoms with Gasteiger partial charge in [-0.3, -0.25) is 9.99 Å². The summed E-state index contributed by atoms with van der Waals surface area (Å²) in [5.74, 6) is 6.40. The smallest absolute Gasteiger partial charge is 0.243 e. The van der Waals surface area contributed by atoms with Crippen LogP contribution in [0.15, 0.2) is 18.7 Å². The predicted molar refractivity (Wildman–Crippen MR) is 74.3 cm³/mol. The van der Waals surface area contributed by atoms with Crippen LogP contribution in [0.3, 0.4) is 0 Å². The molecule has 0 saturated carbocycles. The first-order valence-electron chi connectivity index (χ1n) is 6.03. The fourth-order valence-corrected chi connectivity index (χ4v) is 1.73. The Morgan fingerprint density at radius 2 is 2.15 bits per heavy atom. The summed E-state index contributed by atoms with van der Waals surface area (Å²) in [5, 5.41) is 9.86.